The van der Waals surface area contributed by atoms with Crippen LogP contribution in [0.2, 0.25) is 0 Å². The molecule has 1 aromatic carbocycles. The molecule has 1 saturated heterocycles. The van der Waals surface area contributed by atoms with Gasteiger partial charge in [0.1, 0.15) is 17.7 Å². The van der Waals surface area contributed by atoms with E-state index in [1.54, 1.807) is 17.8 Å². The van der Waals surface area contributed by atoms with Crippen molar-refractivity contribution in [1.29, 1.82) is 0 Å². The Labute approximate surface area is 124 Å². The van der Waals surface area contributed by atoms with Crippen LogP contribution in [0, 0.1) is 5.92 Å². The fraction of sp³-hybridized carbons (Fsp3) is 0.438. The fourth-order valence-electron chi connectivity index (χ4n) is 2.45. The number of hydrogen-bond donors (Lipinski definition) is 0. The molecule has 0 aromatic heterocycles. The molecule has 1 atom stereocenters. The predicted molar refractivity (Wildman–Crippen MR) is 81.8 cm³/mol. The second kappa shape index (κ2) is 5.92. The maximum absolute atomic E-state index is 12.1. The molecule has 1 aromatic rings. The Bertz CT molecular complexity index is 513. The van der Waals surface area contributed by atoms with Gasteiger partial charge in [0.15, 0.2) is 0 Å². The lowest BCUT2D eigenvalue weighted by molar-refractivity contribution is -0.128. The lowest BCUT2D eigenvalue weighted by Gasteiger charge is -2.25. The summed E-state index contributed by atoms with van der Waals surface area (Å²) in [5.41, 5.74) is 1.10. The number of thioether (sulfide) groups is 1. The topological polar surface area (TPSA) is 29.5 Å². The second-order valence-corrected chi connectivity index (χ2v) is 6.36. The number of amides is 1. The monoisotopic (exact) mass is 289 g/mol. The Hall–Kier alpha value is -1.42. The van der Waals surface area contributed by atoms with Gasteiger partial charge in [-0.2, -0.15) is 0 Å². The molecule has 106 valence electrons. The number of benzene rings is 1. The minimum atomic E-state index is 0.101. The van der Waals surface area contributed by atoms with E-state index in [0.29, 0.717) is 18.3 Å². The second-order valence-electron chi connectivity index (χ2n) is 5.29. The van der Waals surface area contributed by atoms with Crippen LogP contribution >= 0.6 is 11.8 Å². The predicted octanol–water partition coefficient (Wildman–Crippen LogP) is 3.24. The van der Waals surface area contributed by atoms with Crippen molar-refractivity contribution in [3.05, 3.63) is 42.5 Å². The third-order valence-electron chi connectivity index (χ3n) is 3.66. The molecule has 2 fully saturated rings. The molecule has 1 saturated carbocycles. The van der Waals surface area contributed by atoms with Gasteiger partial charge >= 0.3 is 0 Å². The van der Waals surface area contributed by atoms with Crippen LogP contribution in [0.4, 0.5) is 0 Å². The molecular formula is C16H19NO2S. The van der Waals surface area contributed by atoms with E-state index in [1.165, 1.54) is 12.8 Å². The van der Waals surface area contributed by atoms with Crippen LogP contribution in [0.25, 0.3) is 0 Å². The lowest BCUT2D eigenvalue weighted by atomic mass is 10.1. The molecule has 20 heavy (non-hydrogen) atoms. The van der Waals surface area contributed by atoms with Crippen LogP contribution in [0.15, 0.2) is 36.9 Å². The van der Waals surface area contributed by atoms with E-state index < -0.39 is 0 Å². The summed E-state index contributed by atoms with van der Waals surface area (Å²) < 4.78 is 5.73. The zero-order chi connectivity index (χ0) is 13.9. The first-order valence-corrected chi connectivity index (χ1v) is 8.08. The van der Waals surface area contributed by atoms with E-state index >= 15 is 0 Å². The van der Waals surface area contributed by atoms with Gasteiger partial charge in [-0.05, 0) is 24.8 Å². The van der Waals surface area contributed by atoms with Crippen molar-refractivity contribution < 1.29 is 9.53 Å². The van der Waals surface area contributed by atoms with Gasteiger partial charge in [-0.3, -0.25) is 4.79 Å². The summed E-state index contributed by atoms with van der Waals surface area (Å²) in [4.78, 5) is 14.1. The van der Waals surface area contributed by atoms with Crippen molar-refractivity contribution in [3.63, 3.8) is 0 Å². The summed E-state index contributed by atoms with van der Waals surface area (Å²) >= 11 is 1.70. The van der Waals surface area contributed by atoms with Gasteiger partial charge in [-0.1, -0.05) is 30.9 Å². The molecule has 1 aliphatic heterocycles. The van der Waals surface area contributed by atoms with E-state index in [2.05, 4.69) is 12.6 Å². The van der Waals surface area contributed by atoms with E-state index in [-0.39, 0.29) is 11.3 Å². The maximum Gasteiger partial charge on any atom is 0.233 e. The van der Waals surface area contributed by atoms with Gasteiger partial charge in [-0.15, -0.1) is 11.8 Å². The highest BCUT2D eigenvalue weighted by molar-refractivity contribution is 8.00. The van der Waals surface area contributed by atoms with Crippen molar-refractivity contribution in [2.24, 2.45) is 5.92 Å². The molecule has 0 spiro atoms. The number of ether oxygens (including phenoxy) is 1. The van der Waals surface area contributed by atoms with E-state index in [4.69, 9.17) is 4.74 Å². The van der Waals surface area contributed by atoms with Crippen LogP contribution < -0.4 is 4.74 Å². The van der Waals surface area contributed by atoms with Crippen LogP contribution in [-0.2, 0) is 4.79 Å². The first-order valence-electron chi connectivity index (χ1n) is 7.03. The number of carbonyl (C=O) groups is 1. The highest BCUT2D eigenvalue weighted by Crippen LogP contribution is 2.44. The molecule has 1 aliphatic carbocycles. The van der Waals surface area contributed by atoms with Crippen molar-refractivity contribution in [1.82, 2.24) is 4.90 Å². The van der Waals surface area contributed by atoms with Gasteiger partial charge in [0.05, 0.1) is 5.75 Å². The lowest BCUT2D eigenvalue weighted by Crippen LogP contribution is -2.30. The third kappa shape index (κ3) is 2.85. The quantitative estimate of drug-likeness (QED) is 0.753. The smallest absolute Gasteiger partial charge is 0.233 e. The molecule has 0 bridgehead atoms. The van der Waals surface area contributed by atoms with Gasteiger partial charge < -0.3 is 9.64 Å². The normalized spacial score (nSPS) is 22.1. The summed E-state index contributed by atoms with van der Waals surface area (Å²) in [6.45, 7) is 5.07. The first kappa shape index (κ1) is 13.6. The molecule has 1 unspecified atom stereocenters. The Morgan fingerprint density at radius 3 is 2.95 bits per heavy atom. The SMILES string of the molecule is C=CCOc1ccccc1C1SCC(=O)N1CC1CC1. The molecule has 0 N–H and O–H groups in total. The molecule has 1 heterocycles. The minimum absolute atomic E-state index is 0.101. The largest absolute Gasteiger partial charge is 0.489 e. The van der Waals surface area contributed by atoms with Gasteiger partial charge in [0.2, 0.25) is 5.91 Å². The molecule has 3 rings (SSSR count). The van der Waals surface area contributed by atoms with Crippen molar-refractivity contribution in [2.75, 3.05) is 18.9 Å². The van der Waals surface area contributed by atoms with Gasteiger partial charge in [0, 0.05) is 12.1 Å². The Kier molecular flexibility index (Phi) is 4.01. The molecular weight excluding hydrogens is 270 g/mol. The summed E-state index contributed by atoms with van der Waals surface area (Å²) in [6, 6.07) is 8.01. The first-order chi connectivity index (χ1) is 9.79. The molecule has 0 radical (unpaired) electrons. The maximum atomic E-state index is 12.1. The van der Waals surface area contributed by atoms with Crippen LogP contribution in [0.5, 0.6) is 5.75 Å². The summed E-state index contributed by atoms with van der Waals surface area (Å²) in [7, 11) is 0. The van der Waals surface area contributed by atoms with Crippen LogP contribution in [-0.4, -0.2) is 29.7 Å². The van der Waals surface area contributed by atoms with E-state index in [9.17, 15) is 4.79 Å². The summed E-state index contributed by atoms with van der Waals surface area (Å²) in [5.74, 6) is 2.40. The van der Waals surface area contributed by atoms with Gasteiger partial charge in [-0.25, -0.2) is 0 Å². The molecule has 2 aliphatic rings. The Balaban J connectivity index is 1.82. The van der Waals surface area contributed by atoms with Crippen LogP contribution in [0.3, 0.4) is 0 Å². The van der Waals surface area contributed by atoms with Crippen molar-refractivity contribution in [3.8, 4) is 5.75 Å². The van der Waals surface area contributed by atoms with E-state index in [1.807, 2.05) is 23.1 Å². The average molecular weight is 289 g/mol. The third-order valence-corrected chi connectivity index (χ3v) is 4.90. The highest BCUT2D eigenvalue weighted by atomic mass is 32.2. The molecule has 4 heteroatoms. The standard InChI is InChI=1S/C16H19NO2S/c1-2-9-19-14-6-4-3-5-13(14)16-17(10-12-7-8-12)15(18)11-20-16/h2-6,12,16H,1,7-11H2. The Morgan fingerprint density at radius 2 is 2.20 bits per heavy atom. The zero-order valence-corrected chi connectivity index (χ0v) is 12.3. The Morgan fingerprint density at radius 1 is 1.40 bits per heavy atom. The number of rotatable bonds is 6. The van der Waals surface area contributed by atoms with Crippen molar-refractivity contribution >= 4 is 17.7 Å². The zero-order valence-electron chi connectivity index (χ0n) is 11.5. The van der Waals surface area contributed by atoms with Crippen molar-refractivity contribution in [2.45, 2.75) is 18.2 Å². The number of para-hydroxylation sites is 1. The van der Waals surface area contributed by atoms with Gasteiger partial charge in [0.25, 0.3) is 0 Å². The number of hydrogen-bond acceptors (Lipinski definition) is 3. The average Bonchev–Trinajstić information content (AvgIpc) is 3.22. The summed E-state index contributed by atoms with van der Waals surface area (Å²) in [6.07, 6.45) is 4.26. The fourth-order valence-corrected chi connectivity index (χ4v) is 3.68. The number of carbonyl (C=O) groups excluding carboxylic acids is 1. The van der Waals surface area contributed by atoms with E-state index in [0.717, 1.165) is 17.9 Å². The molecule has 3 nitrogen and oxygen atoms in total. The minimum Gasteiger partial charge on any atom is -0.489 e. The molecule has 1 amide bonds. The number of nitrogens with zero attached hydrogens (tertiary/aromatic N) is 1. The summed E-state index contributed by atoms with van der Waals surface area (Å²) in [5, 5.41) is 0.101. The highest BCUT2D eigenvalue weighted by Gasteiger charge is 2.37. The van der Waals surface area contributed by atoms with Crippen LogP contribution in [0.1, 0.15) is 23.8 Å².